The molecule has 2 aromatic rings. The number of alkyl halides is 3. The van der Waals surface area contributed by atoms with Gasteiger partial charge < -0.3 is 25.0 Å². The summed E-state index contributed by atoms with van der Waals surface area (Å²) >= 11 is 5.86. The number of piperazine rings is 1. The van der Waals surface area contributed by atoms with Gasteiger partial charge in [0.2, 0.25) is 5.91 Å². The maximum atomic E-state index is 13.5. The maximum Gasteiger partial charge on any atom is 0.490 e. The number of benzene rings is 2. The molecule has 0 radical (unpaired) electrons. The Morgan fingerprint density at radius 2 is 1.78 bits per heavy atom. The topological polar surface area (TPSA) is 99.2 Å². The molecule has 8 nitrogen and oxygen atoms in total. The van der Waals surface area contributed by atoms with Gasteiger partial charge in [0.1, 0.15) is 11.6 Å². The molecule has 13 heteroatoms. The number of hydrogen-bond donors (Lipinski definition) is 2. The molecule has 1 aliphatic heterocycles. The molecule has 0 aliphatic carbocycles. The molecule has 0 aromatic heterocycles. The van der Waals surface area contributed by atoms with E-state index in [1.165, 1.54) is 18.2 Å². The smallest absolute Gasteiger partial charge is 0.490 e. The quantitative estimate of drug-likeness (QED) is 0.514. The zero-order valence-corrected chi connectivity index (χ0v) is 20.6. The van der Waals surface area contributed by atoms with E-state index in [1.54, 1.807) is 16.9 Å². The third-order valence-electron chi connectivity index (χ3n) is 5.27. The number of carboxylic acid groups (broad SMARTS) is 1. The Kier molecular flexibility index (Phi) is 11.1. The molecule has 0 bridgehead atoms. The summed E-state index contributed by atoms with van der Waals surface area (Å²) in [6, 6.07) is 11.3. The first-order valence-electron chi connectivity index (χ1n) is 11.1. The second kappa shape index (κ2) is 13.8. The highest BCUT2D eigenvalue weighted by molar-refractivity contribution is 6.31. The SMILES string of the molecule is COc1cccc(CN(CCC(=O)N2CCNCC2)C(=O)c2ccc(F)c(Cl)c2)c1.O=C(O)C(F)(F)F. The van der Waals surface area contributed by atoms with E-state index < -0.39 is 18.0 Å². The van der Waals surface area contributed by atoms with Crippen molar-refractivity contribution in [3.63, 3.8) is 0 Å². The van der Waals surface area contributed by atoms with Gasteiger partial charge in [-0.05, 0) is 35.9 Å². The lowest BCUT2D eigenvalue weighted by Gasteiger charge is -2.29. The van der Waals surface area contributed by atoms with E-state index in [0.29, 0.717) is 25.4 Å². The van der Waals surface area contributed by atoms with Crippen LogP contribution in [0.5, 0.6) is 5.75 Å². The standard InChI is InChI=1S/C22H25ClFN3O3.C2HF3O2/c1-30-18-4-2-3-16(13-18)15-27(10-7-21(28)26-11-8-25-9-12-26)22(29)17-5-6-20(24)19(23)14-17;3-2(4,5)1(6)7/h2-6,13-14,25H,7-12,15H2,1H3;(H,6,7). The number of amides is 2. The molecule has 3 rings (SSSR count). The van der Waals surface area contributed by atoms with Crippen LogP contribution in [0.2, 0.25) is 5.02 Å². The van der Waals surface area contributed by atoms with Gasteiger partial charge in [-0.2, -0.15) is 13.2 Å². The number of hydrogen-bond acceptors (Lipinski definition) is 5. The van der Waals surface area contributed by atoms with Gasteiger partial charge in [-0.3, -0.25) is 9.59 Å². The average molecular weight is 548 g/mol. The van der Waals surface area contributed by atoms with Crippen molar-refractivity contribution in [2.45, 2.75) is 19.1 Å². The zero-order valence-electron chi connectivity index (χ0n) is 19.9. The van der Waals surface area contributed by atoms with Gasteiger partial charge in [0.15, 0.2) is 0 Å². The minimum Gasteiger partial charge on any atom is -0.497 e. The highest BCUT2D eigenvalue weighted by Crippen LogP contribution is 2.20. The number of ether oxygens (including phenoxy) is 1. The third kappa shape index (κ3) is 9.54. The van der Waals surface area contributed by atoms with E-state index in [2.05, 4.69) is 5.32 Å². The lowest BCUT2D eigenvalue weighted by Crippen LogP contribution is -2.47. The summed E-state index contributed by atoms with van der Waals surface area (Å²) in [4.78, 5) is 38.0. The van der Waals surface area contributed by atoms with Crippen molar-refractivity contribution < 1.29 is 41.8 Å². The highest BCUT2D eigenvalue weighted by atomic mass is 35.5. The van der Waals surface area contributed by atoms with Crippen LogP contribution in [0.1, 0.15) is 22.3 Å². The molecule has 0 unspecified atom stereocenters. The monoisotopic (exact) mass is 547 g/mol. The molecular formula is C24H26ClF4N3O5. The number of methoxy groups -OCH3 is 1. The largest absolute Gasteiger partial charge is 0.497 e. The molecule has 0 spiro atoms. The average Bonchev–Trinajstić information content (AvgIpc) is 2.88. The summed E-state index contributed by atoms with van der Waals surface area (Å²) in [5, 5.41) is 10.2. The van der Waals surface area contributed by atoms with Crippen molar-refractivity contribution in [2.24, 2.45) is 0 Å². The Bertz CT molecular complexity index is 1090. The van der Waals surface area contributed by atoms with E-state index >= 15 is 0 Å². The van der Waals surface area contributed by atoms with E-state index in [9.17, 15) is 27.2 Å². The lowest BCUT2D eigenvalue weighted by atomic mass is 10.1. The summed E-state index contributed by atoms with van der Waals surface area (Å²) in [5.41, 5.74) is 1.14. The van der Waals surface area contributed by atoms with Crippen LogP contribution < -0.4 is 10.1 Å². The van der Waals surface area contributed by atoms with Crippen LogP contribution in [0, 0.1) is 5.82 Å². The van der Waals surface area contributed by atoms with Crippen LogP contribution in [0.15, 0.2) is 42.5 Å². The molecule has 1 heterocycles. The minimum atomic E-state index is -5.08. The molecular weight excluding hydrogens is 522 g/mol. The van der Waals surface area contributed by atoms with Crippen LogP contribution in [0.25, 0.3) is 0 Å². The molecule has 202 valence electrons. The van der Waals surface area contributed by atoms with Gasteiger partial charge in [0, 0.05) is 51.3 Å². The number of carbonyl (C=O) groups excluding carboxylic acids is 2. The van der Waals surface area contributed by atoms with Gasteiger partial charge in [0.05, 0.1) is 12.1 Å². The molecule has 2 aromatic carbocycles. The number of aliphatic carboxylic acids is 1. The number of carboxylic acids is 1. The van der Waals surface area contributed by atoms with Crippen LogP contribution in [-0.2, 0) is 16.1 Å². The van der Waals surface area contributed by atoms with Gasteiger partial charge in [-0.15, -0.1) is 0 Å². The first kappa shape index (κ1) is 29.8. The van der Waals surface area contributed by atoms with Gasteiger partial charge in [0.25, 0.3) is 5.91 Å². The first-order chi connectivity index (χ1) is 17.4. The Hall–Kier alpha value is -3.38. The van der Waals surface area contributed by atoms with E-state index in [1.807, 2.05) is 24.3 Å². The number of nitrogens with zero attached hydrogens (tertiary/aromatic N) is 2. The number of nitrogens with one attached hydrogen (secondary N) is 1. The van der Waals surface area contributed by atoms with Crippen molar-refractivity contribution >= 4 is 29.4 Å². The van der Waals surface area contributed by atoms with Crippen molar-refractivity contribution in [1.29, 1.82) is 0 Å². The second-order valence-corrected chi connectivity index (χ2v) is 8.30. The predicted octanol–water partition coefficient (Wildman–Crippen LogP) is 3.59. The number of carbonyl (C=O) groups is 3. The summed E-state index contributed by atoms with van der Waals surface area (Å²) in [6.45, 7) is 3.40. The summed E-state index contributed by atoms with van der Waals surface area (Å²) in [7, 11) is 1.58. The van der Waals surface area contributed by atoms with Gasteiger partial charge in [-0.25, -0.2) is 9.18 Å². The molecule has 1 saturated heterocycles. The van der Waals surface area contributed by atoms with Crippen LogP contribution in [0.3, 0.4) is 0 Å². The molecule has 1 aliphatic rings. The fourth-order valence-corrected chi connectivity index (χ4v) is 3.54. The third-order valence-corrected chi connectivity index (χ3v) is 5.56. The van der Waals surface area contributed by atoms with Crippen molar-refractivity contribution in [2.75, 3.05) is 39.8 Å². The fourth-order valence-electron chi connectivity index (χ4n) is 3.36. The zero-order chi connectivity index (χ0) is 27.6. The predicted molar refractivity (Wildman–Crippen MR) is 127 cm³/mol. The highest BCUT2D eigenvalue weighted by Gasteiger charge is 2.38. The Labute approximate surface area is 215 Å². The lowest BCUT2D eigenvalue weighted by molar-refractivity contribution is -0.192. The Balaban J connectivity index is 0.000000604. The number of rotatable bonds is 7. The Morgan fingerprint density at radius 1 is 1.14 bits per heavy atom. The molecule has 2 N–H and O–H groups in total. The molecule has 1 fully saturated rings. The number of halogens is 5. The fraction of sp³-hybridized carbons (Fsp3) is 0.375. The molecule has 0 saturated carbocycles. The molecule has 37 heavy (non-hydrogen) atoms. The van der Waals surface area contributed by atoms with E-state index in [4.69, 9.17) is 26.2 Å². The molecule has 0 atom stereocenters. The van der Waals surface area contributed by atoms with Crippen LogP contribution in [-0.4, -0.2) is 78.7 Å². The van der Waals surface area contributed by atoms with Crippen LogP contribution in [0.4, 0.5) is 17.6 Å². The maximum absolute atomic E-state index is 13.5. The summed E-state index contributed by atoms with van der Waals surface area (Å²) < 4.78 is 50.5. The van der Waals surface area contributed by atoms with E-state index in [0.717, 1.165) is 18.7 Å². The van der Waals surface area contributed by atoms with Crippen LogP contribution >= 0.6 is 11.6 Å². The Morgan fingerprint density at radius 3 is 2.35 bits per heavy atom. The normalized spacial score (nSPS) is 13.3. The van der Waals surface area contributed by atoms with Crippen molar-refractivity contribution in [1.82, 2.24) is 15.1 Å². The molecule has 2 amide bonds. The first-order valence-corrected chi connectivity index (χ1v) is 11.5. The van der Waals surface area contributed by atoms with Gasteiger partial charge in [-0.1, -0.05) is 23.7 Å². The van der Waals surface area contributed by atoms with Crippen molar-refractivity contribution in [3.05, 3.63) is 64.4 Å². The summed E-state index contributed by atoms with van der Waals surface area (Å²) in [6.07, 6.45) is -4.87. The van der Waals surface area contributed by atoms with Crippen molar-refractivity contribution in [3.8, 4) is 5.75 Å². The second-order valence-electron chi connectivity index (χ2n) is 7.89. The summed E-state index contributed by atoms with van der Waals surface area (Å²) in [5.74, 6) is -2.96. The van der Waals surface area contributed by atoms with E-state index in [-0.39, 0.29) is 35.4 Å². The van der Waals surface area contributed by atoms with Gasteiger partial charge >= 0.3 is 12.1 Å². The minimum absolute atomic E-state index is 0.0112.